The highest BCUT2D eigenvalue weighted by Crippen LogP contribution is 2.44. The first kappa shape index (κ1) is 12.4. The molecule has 0 radical (unpaired) electrons. The van der Waals surface area contributed by atoms with Crippen molar-refractivity contribution in [3.05, 3.63) is 23.8 Å². The zero-order valence-electron chi connectivity index (χ0n) is 10.2. The van der Waals surface area contributed by atoms with Gasteiger partial charge >= 0.3 is 0 Å². The van der Waals surface area contributed by atoms with Gasteiger partial charge in [0.05, 0.1) is 4.90 Å². The van der Waals surface area contributed by atoms with Crippen LogP contribution < -0.4 is 10.5 Å². The van der Waals surface area contributed by atoms with Crippen LogP contribution in [0.4, 0.5) is 5.69 Å². The predicted octanol–water partition coefficient (Wildman–Crippen LogP) is 1.66. The molecular formula is C12H18N2O2S. The van der Waals surface area contributed by atoms with Gasteiger partial charge in [0.1, 0.15) is 0 Å². The monoisotopic (exact) mass is 254 g/mol. The lowest BCUT2D eigenvalue weighted by molar-refractivity contribution is 0.530. The number of hydrogen-bond acceptors (Lipinski definition) is 3. The van der Waals surface area contributed by atoms with Crippen molar-refractivity contribution in [1.82, 2.24) is 4.72 Å². The van der Waals surface area contributed by atoms with Gasteiger partial charge in [-0.3, -0.25) is 0 Å². The Kier molecular flexibility index (Phi) is 2.91. The summed E-state index contributed by atoms with van der Waals surface area (Å²) in [6.07, 6.45) is 2.18. The van der Waals surface area contributed by atoms with Gasteiger partial charge in [-0.1, -0.05) is 13.0 Å². The molecule has 0 amide bonds. The molecule has 4 nitrogen and oxygen atoms in total. The average molecular weight is 254 g/mol. The van der Waals surface area contributed by atoms with E-state index in [2.05, 4.69) is 11.6 Å². The van der Waals surface area contributed by atoms with E-state index in [4.69, 9.17) is 5.73 Å². The topological polar surface area (TPSA) is 72.2 Å². The molecule has 0 spiro atoms. The second-order valence-electron chi connectivity index (χ2n) is 5.15. The minimum atomic E-state index is -3.42. The molecule has 0 aromatic heterocycles. The van der Waals surface area contributed by atoms with Gasteiger partial charge < -0.3 is 5.73 Å². The molecule has 1 fully saturated rings. The van der Waals surface area contributed by atoms with E-state index < -0.39 is 10.0 Å². The van der Waals surface area contributed by atoms with Crippen LogP contribution in [0.2, 0.25) is 0 Å². The summed E-state index contributed by atoms with van der Waals surface area (Å²) in [4.78, 5) is 0.241. The first-order valence-corrected chi connectivity index (χ1v) is 7.17. The van der Waals surface area contributed by atoms with E-state index in [1.54, 1.807) is 12.1 Å². The Morgan fingerprint density at radius 1 is 1.41 bits per heavy atom. The summed E-state index contributed by atoms with van der Waals surface area (Å²) in [5, 5.41) is 0. The van der Waals surface area contributed by atoms with Crippen LogP contribution in [0, 0.1) is 12.3 Å². The summed E-state index contributed by atoms with van der Waals surface area (Å²) >= 11 is 0. The Bertz CT molecular complexity index is 533. The van der Waals surface area contributed by atoms with Crippen LogP contribution in [0.5, 0.6) is 0 Å². The summed E-state index contributed by atoms with van der Waals surface area (Å²) < 4.78 is 26.6. The molecule has 1 aliphatic carbocycles. The number of rotatable bonds is 4. The van der Waals surface area contributed by atoms with Gasteiger partial charge in [0.25, 0.3) is 0 Å². The van der Waals surface area contributed by atoms with E-state index in [0.29, 0.717) is 12.2 Å². The SMILES string of the molecule is Cc1ccc(S(=O)(=O)NCC2(C)CC2)cc1N. The predicted molar refractivity (Wildman–Crippen MR) is 68.1 cm³/mol. The maximum atomic E-state index is 12.0. The Balaban J connectivity index is 2.16. The zero-order chi connectivity index (χ0) is 12.7. The van der Waals surface area contributed by atoms with E-state index in [1.165, 1.54) is 6.07 Å². The quantitative estimate of drug-likeness (QED) is 0.803. The Morgan fingerprint density at radius 2 is 2.06 bits per heavy atom. The van der Waals surface area contributed by atoms with Gasteiger partial charge in [-0.05, 0) is 42.9 Å². The second-order valence-corrected chi connectivity index (χ2v) is 6.92. The standard InChI is InChI=1S/C12H18N2O2S/c1-9-3-4-10(7-11(9)13)17(15,16)14-8-12(2)5-6-12/h3-4,7,14H,5-6,8,13H2,1-2H3. The minimum Gasteiger partial charge on any atom is -0.398 e. The third-order valence-electron chi connectivity index (χ3n) is 3.35. The van der Waals surface area contributed by atoms with Gasteiger partial charge in [0.2, 0.25) is 10.0 Å². The number of nitrogens with one attached hydrogen (secondary N) is 1. The fourth-order valence-corrected chi connectivity index (χ4v) is 2.76. The lowest BCUT2D eigenvalue weighted by atomic mass is 10.2. The average Bonchev–Trinajstić information content (AvgIpc) is 2.99. The molecule has 0 bridgehead atoms. The van der Waals surface area contributed by atoms with Crippen LogP contribution >= 0.6 is 0 Å². The van der Waals surface area contributed by atoms with Crippen LogP contribution in [0.15, 0.2) is 23.1 Å². The number of aryl methyl sites for hydroxylation is 1. The molecule has 0 unspecified atom stereocenters. The third-order valence-corrected chi connectivity index (χ3v) is 4.75. The minimum absolute atomic E-state index is 0.156. The highest BCUT2D eigenvalue weighted by molar-refractivity contribution is 7.89. The van der Waals surface area contributed by atoms with Crippen LogP contribution in [0.3, 0.4) is 0 Å². The van der Waals surface area contributed by atoms with E-state index in [9.17, 15) is 8.42 Å². The van der Waals surface area contributed by atoms with Crippen molar-refractivity contribution in [3.63, 3.8) is 0 Å². The Morgan fingerprint density at radius 3 is 2.59 bits per heavy atom. The zero-order valence-corrected chi connectivity index (χ0v) is 11.0. The molecular weight excluding hydrogens is 236 g/mol. The fourth-order valence-electron chi connectivity index (χ4n) is 1.53. The van der Waals surface area contributed by atoms with Crippen molar-refractivity contribution in [2.45, 2.75) is 31.6 Å². The van der Waals surface area contributed by atoms with Crippen molar-refractivity contribution in [2.24, 2.45) is 5.41 Å². The van der Waals surface area contributed by atoms with E-state index >= 15 is 0 Å². The molecule has 1 aliphatic rings. The largest absolute Gasteiger partial charge is 0.398 e. The molecule has 1 aromatic carbocycles. The van der Waals surface area contributed by atoms with Gasteiger partial charge in [-0.15, -0.1) is 0 Å². The summed E-state index contributed by atoms with van der Waals surface area (Å²) in [5.41, 5.74) is 7.27. The van der Waals surface area contributed by atoms with Gasteiger partial charge in [-0.25, -0.2) is 13.1 Å². The lowest BCUT2D eigenvalue weighted by Crippen LogP contribution is -2.29. The van der Waals surface area contributed by atoms with Gasteiger partial charge in [0, 0.05) is 12.2 Å². The fraction of sp³-hybridized carbons (Fsp3) is 0.500. The second kappa shape index (κ2) is 3.99. The molecule has 0 atom stereocenters. The van der Waals surface area contributed by atoms with Crippen molar-refractivity contribution in [2.75, 3.05) is 12.3 Å². The van der Waals surface area contributed by atoms with E-state index in [0.717, 1.165) is 18.4 Å². The maximum Gasteiger partial charge on any atom is 0.240 e. The van der Waals surface area contributed by atoms with Crippen molar-refractivity contribution >= 4 is 15.7 Å². The van der Waals surface area contributed by atoms with Gasteiger partial charge in [0.15, 0.2) is 0 Å². The molecule has 0 heterocycles. The number of hydrogen-bond donors (Lipinski definition) is 2. The Labute approximate surface area is 102 Å². The molecule has 2 rings (SSSR count). The molecule has 0 saturated heterocycles. The molecule has 17 heavy (non-hydrogen) atoms. The summed E-state index contributed by atoms with van der Waals surface area (Å²) in [5.74, 6) is 0. The first-order valence-electron chi connectivity index (χ1n) is 5.68. The number of nitrogen functional groups attached to an aromatic ring is 1. The van der Waals surface area contributed by atoms with Crippen LogP contribution in [-0.4, -0.2) is 15.0 Å². The summed E-state index contributed by atoms with van der Waals surface area (Å²) in [7, 11) is -3.42. The third kappa shape index (κ3) is 2.79. The number of benzene rings is 1. The van der Waals surface area contributed by atoms with Crippen molar-refractivity contribution in [1.29, 1.82) is 0 Å². The van der Waals surface area contributed by atoms with Crippen molar-refractivity contribution in [3.8, 4) is 0 Å². The maximum absolute atomic E-state index is 12.0. The smallest absolute Gasteiger partial charge is 0.240 e. The summed E-state index contributed by atoms with van der Waals surface area (Å²) in [6, 6.07) is 4.82. The molecule has 1 aromatic rings. The number of nitrogens with two attached hydrogens (primary N) is 1. The van der Waals surface area contributed by atoms with Crippen LogP contribution in [0.25, 0.3) is 0 Å². The van der Waals surface area contributed by atoms with E-state index in [1.807, 2.05) is 6.92 Å². The van der Waals surface area contributed by atoms with E-state index in [-0.39, 0.29) is 10.3 Å². The molecule has 3 N–H and O–H groups in total. The van der Waals surface area contributed by atoms with Crippen molar-refractivity contribution < 1.29 is 8.42 Å². The molecule has 1 saturated carbocycles. The van der Waals surface area contributed by atoms with Crippen LogP contribution in [-0.2, 0) is 10.0 Å². The lowest BCUT2D eigenvalue weighted by Gasteiger charge is -2.11. The summed E-state index contributed by atoms with van der Waals surface area (Å²) in [6.45, 7) is 4.44. The number of sulfonamides is 1. The molecule has 94 valence electrons. The molecule has 0 aliphatic heterocycles. The first-order chi connectivity index (χ1) is 7.82. The highest BCUT2D eigenvalue weighted by Gasteiger charge is 2.38. The number of anilines is 1. The highest BCUT2D eigenvalue weighted by atomic mass is 32.2. The van der Waals surface area contributed by atoms with Gasteiger partial charge in [-0.2, -0.15) is 0 Å². The molecule has 5 heteroatoms. The Hall–Kier alpha value is -1.07. The normalized spacial score (nSPS) is 18.0. The van der Waals surface area contributed by atoms with Crippen LogP contribution in [0.1, 0.15) is 25.3 Å².